The molecule has 1 aromatic carbocycles. The third-order valence-corrected chi connectivity index (χ3v) is 4.95. The van der Waals surface area contributed by atoms with Crippen molar-refractivity contribution in [2.24, 2.45) is 0 Å². The Labute approximate surface area is 177 Å². The molecule has 1 aromatic heterocycles. The molecule has 2 aromatic rings. The van der Waals surface area contributed by atoms with E-state index in [0.717, 1.165) is 29.1 Å². The number of nitrogens with zero attached hydrogens (tertiary/aromatic N) is 2. The second kappa shape index (κ2) is 10.0. The Bertz CT molecular complexity index is 899. The molecule has 1 aliphatic rings. The van der Waals surface area contributed by atoms with Crippen LogP contribution in [0.25, 0.3) is 0 Å². The van der Waals surface area contributed by atoms with E-state index in [1.54, 1.807) is 24.3 Å². The van der Waals surface area contributed by atoms with Crippen molar-refractivity contribution in [2.45, 2.75) is 26.3 Å². The van der Waals surface area contributed by atoms with Gasteiger partial charge in [-0.05, 0) is 24.6 Å². The Morgan fingerprint density at radius 1 is 1.28 bits per heavy atom. The first-order chi connectivity index (χ1) is 14.1. The van der Waals surface area contributed by atoms with E-state index in [0.29, 0.717) is 36.7 Å². The predicted molar refractivity (Wildman–Crippen MR) is 119 cm³/mol. The molecular weight excluding hydrogens is 384 g/mol. The number of anilines is 1. The van der Waals surface area contributed by atoms with Crippen LogP contribution in [-0.4, -0.2) is 41.0 Å². The van der Waals surface area contributed by atoms with Gasteiger partial charge in [-0.1, -0.05) is 37.3 Å². The molecule has 1 aliphatic heterocycles. The third kappa shape index (κ3) is 5.32. The molecule has 0 spiro atoms. The summed E-state index contributed by atoms with van der Waals surface area (Å²) in [6.45, 7) is 3.89. The Morgan fingerprint density at radius 3 is 2.83 bits per heavy atom. The first-order valence-corrected chi connectivity index (χ1v) is 10.2. The highest BCUT2D eigenvalue weighted by atomic mass is 32.1. The second-order valence-corrected chi connectivity index (χ2v) is 7.24. The average molecular weight is 411 g/mol. The van der Waals surface area contributed by atoms with Gasteiger partial charge in [-0.3, -0.25) is 9.78 Å². The summed E-state index contributed by atoms with van der Waals surface area (Å²) >= 11 is 5.59. The molecule has 0 bridgehead atoms. The average Bonchev–Trinajstić information content (AvgIpc) is 2.74. The van der Waals surface area contributed by atoms with Gasteiger partial charge in [0.05, 0.1) is 18.4 Å². The molecule has 2 N–H and O–H groups in total. The number of hydrogen-bond donors (Lipinski definition) is 2. The van der Waals surface area contributed by atoms with Gasteiger partial charge in [-0.15, -0.1) is 0 Å². The highest BCUT2D eigenvalue weighted by Gasteiger charge is 2.28. The van der Waals surface area contributed by atoms with Crippen LogP contribution in [0, 0.1) is 0 Å². The molecule has 152 valence electrons. The Hall–Kier alpha value is -2.93. The van der Waals surface area contributed by atoms with Gasteiger partial charge in [0.2, 0.25) is 0 Å². The van der Waals surface area contributed by atoms with Crippen LogP contribution in [0.1, 0.15) is 25.3 Å². The van der Waals surface area contributed by atoms with Crippen molar-refractivity contribution in [3.63, 3.8) is 0 Å². The lowest BCUT2D eigenvalue weighted by Crippen LogP contribution is -2.40. The standard InChI is InChI=1S/C22H26N4O2S/c1-3-13-28-19-15-23-11-9-16(19)14-24-18-10-12-26(2)22(27)20(18)21(29)25-17-7-5-4-6-8-17/h4-9,11,15,24H,3,10,12-14H2,1-2H3,(H,25,29). The lowest BCUT2D eigenvalue weighted by atomic mass is 10.0. The number of likely N-dealkylation sites (N-methyl/N-ethyl adjacent to an activating group) is 1. The number of carbonyl (C=O) groups is 1. The molecular formula is C22H26N4O2S. The Balaban J connectivity index is 1.80. The van der Waals surface area contributed by atoms with E-state index in [-0.39, 0.29) is 5.91 Å². The van der Waals surface area contributed by atoms with Crippen molar-refractivity contribution in [2.75, 3.05) is 25.5 Å². The number of aromatic nitrogens is 1. The third-order valence-electron chi connectivity index (χ3n) is 4.64. The summed E-state index contributed by atoms with van der Waals surface area (Å²) in [6.07, 6.45) is 5.11. The first kappa shape index (κ1) is 20.8. The van der Waals surface area contributed by atoms with Crippen molar-refractivity contribution >= 4 is 28.8 Å². The molecule has 0 aliphatic carbocycles. The number of carbonyl (C=O) groups excluding carboxylic acids is 1. The monoisotopic (exact) mass is 410 g/mol. The van der Waals surface area contributed by atoms with Gasteiger partial charge >= 0.3 is 0 Å². The highest BCUT2D eigenvalue weighted by Crippen LogP contribution is 2.22. The van der Waals surface area contributed by atoms with Crippen LogP contribution in [0.3, 0.4) is 0 Å². The molecule has 6 nitrogen and oxygen atoms in total. The van der Waals surface area contributed by atoms with Crippen molar-refractivity contribution in [1.29, 1.82) is 0 Å². The summed E-state index contributed by atoms with van der Waals surface area (Å²) in [6, 6.07) is 11.6. The minimum Gasteiger partial charge on any atom is -0.492 e. The van der Waals surface area contributed by atoms with Crippen LogP contribution >= 0.6 is 12.2 Å². The topological polar surface area (TPSA) is 66.5 Å². The van der Waals surface area contributed by atoms with Gasteiger partial charge in [0, 0.05) is 49.7 Å². The molecule has 29 heavy (non-hydrogen) atoms. The van der Waals surface area contributed by atoms with E-state index in [4.69, 9.17) is 17.0 Å². The molecule has 0 saturated heterocycles. The van der Waals surface area contributed by atoms with Gasteiger partial charge < -0.3 is 20.3 Å². The van der Waals surface area contributed by atoms with Crippen LogP contribution < -0.4 is 15.4 Å². The lowest BCUT2D eigenvalue weighted by Gasteiger charge is -2.29. The van der Waals surface area contributed by atoms with Gasteiger partial charge in [-0.25, -0.2) is 0 Å². The summed E-state index contributed by atoms with van der Waals surface area (Å²) in [7, 11) is 1.80. The Kier molecular flexibility index (Phi) is 7.19. The maximum Gasteiger partial charge on any atom is 0.258 e. The zero-order valence-electron chi connectivity index (χ0n) is 16.8. The highest BCUT2D eigenvalue weighted by molar-refractivity contribution is 7.81. The zero-order valence-corrected chi connectivity index (χ0v) is 17.6. The van der Waals surface area contributed by atoms with Gasteiger partial charge in [0.15, 0.2) is 0 Å². The fourth-order valence-corrected chi connectivity index (χ4v) is 3.38. The van der Waals surface area contributed by atoms with Crippen LogP contribution in [0.5, 0.6) is 5.75 Å². The fourth-order valence-electron chi connectivity index (χ4n) is 3.05. The SMILES string of the molecule is CCCOc1cnccc1CNC1=C(C(=S)Nc2ccccc2)C(=O)N(C)CC1. The molecule has 0 fully saturated rings. The molecule has 1 amide bonds. The van der Waals surface area contributed by atoms with E-state index >= 15 is 0 Å². The molecule has 2 heterocycles. The van der Waals surface area contributed by atoms with E-state index in [1.807, 2.05) is 36.4 Å². The van der Waals surface area contributed by atoms with Crippen molar-refractivity contribution < 1.29 is 9.53 Å². The van der Waals surface area contributed by atoms with E-state index in [1.165, 1.54) is 0 Å². The van der Waals surface area contributed by atoms with Crippen molar-refractivity contribution in [3.8, 4) is 5.75 Å². The van der Waals surface area contributed by atoms with Crippen LogP contribution in [0.15, 0.2) is 60.1 Å². The minimum absolute atomic E-state index is 0.0793. The first-order valence-electron chi connectivity index (χ1n) is 9.74. The van der Waals surface area contributed by atoms with Gasteiger partial charge in [0.1, 0.15) is 10.7 Å². The van der Waals surface area contributed by atoms with Crippen LogP contribution in [0.4, 0.5) is 5.69 Å². The molecule has 7 heteroatoms. The minimum atomic E-state index is -0.0793. The maximum atomic E-state index is 12.9. The number of hydrogen-bond acceptors (Lipinski definition) is 5. The number of thiocarbonyl (C=S) groups is 1. The summed E-state index contributed by atoms with van der Waals surface area (Å²) in [5.41, 5.74) is 3.21. The number of nitrogens with one attached hydrogen (secondary N) is 2. The lowest BCUT2D eigenvalue weighted by molar-refractivity contribution is -0.126. The van der Waals surface area contributed by atoms with Crippen LogP contribution in [-0.2, 0) is 11.3 Å². The number of para-hydroxylation sites is 1. The smallest absolute Gasteiger partial charge is 0.258 e. The number of ether oxygens (including phenoxy) is 1. The normalized spacial score (nSPS) is 14.0. The second-order valence-electron chi connectivity index (χ2n) is 6.84. The summed E-state index contributed by atoms with van der Waals surface area (Å²) < 4.78 is 5.79. The summed E-state index contributed by atoms with van der Waals surface area (Å²) in [5, 5.41) is 6.60. The van der Waals surface area contributed by atoms with Crippen molar-refractivity contribution in [3.05, 3.63) is 65.6 Å². The number of rotatable bonds is 8. The van der Waals surface area contributed by atoms with Crippen LogP contribution in [0.2, 0.25) is 0 Å². The quantitative estimate of drug-likeness (QED) is 0.649. The molecule has 0 saturated carbocycles. The number of benzene rings is 1. The fraction of sp³-hybridized carbons (Fsp3) is 0.318. The van der Waals surface area contributed by atoms with Gasteiger partial charge in [0.25, 0.3) is 5.91 Å². The van der Waals surface area contributed by atoms with Gasteiger partial charge in [-0.2, -0.15) is 0 Å². The molecule has 0 atom stereocenters. The number of pyridine rings is 1. The Morgan fingerprint density at radius 2 is 2.07 bits per heavy atom. The van der Waals surface area contributed by atoms with E-state index < -0.39 is 0 Å². The van der Waals surface area contributed by atoms with Crippen molar-refractivity contribution in [1.82, 2.24) is 15.2 Å². The molecule has 0 unspecified atom stereocenters. The van der Waals surface area contributed by atoms with E-state index in [2.05, 4.69) is 22.5 Å². The maximum absolute atomic E-state index is 12.9. The van der Waals surface area contributed by atoms with E-state index in [9.17, 15) is 4.79 Å². The summed E-state index contributed by atoms with van der Waals surface area (Å²) in [4.78, 5) is 19.1. The molecule has 3 rings (SSSR count). The largest absolute Gasteiger partial charge is 0.492 e. The molecule has 0 radical (unpaired) electrons. The zero-order chi connectivity index (χ0) is 20.6. The summed E-state index contributed by atoms with van der Waals surface area (Å²) in [5.74, 6) is 0.678. The number of amides is 1. The predicted octanol–water partition coefficient (Wildman–Crippen LogP) is 3.52.